The van der Waals surface area contributed by atoms with Crippen LogP contribution in [0.3, 0.4) is 0 Å². The normalized spacial score (nSPS) is 16.0. The van der Waals surface area contributed by atoms with E-state index in [0.29, 0.717) is 30.6 Å². The Hall–Kier alpha value is -1.59. The van der Waals surface area contributed by atoms with Crippen LogP contribution in [-0.2, 0) is 16.2 Å². The molecule has 1 N–H and O–H groups in total. The summed E-state index contributed by atoms with van der Waals surface area (Å²) in [5, 5.41) is 8.07. The number of piperidine rings is 1. The number of halogens is 1. The molecule has 0 bridgehead atoms. The van der Waals surface area contributed by atoms with Gasteiger partial charge in [0.25, 0.3) is 0 Å². The molecule has 1 aromatic carbocycles. The molecule has 5 nitrogen and oxygen atoms in total. The minimum absolute atomic E-state index is 0.0995. The van der Waals surface area contributed by atoms with Crippen LogP contribution in [0.25, 0.3) is 0 Å². The first-order valence-electron chi connectivity index (χ1n) is 8.87. The molecule has 1 atom stereocenters. The molecule has 6 heteroatoms. The van der Waals surface area contributed by atoms with Crippen molar-refractivity contribution in [3.63, 3.8) is 0 Å². The van der Waals surface area contributed by atoms with Gasteiger partial charge in [-0.3, -0.25) is 4.79 Å². The molecule has 1 aliphatic rings. The van der Waals surface area contributed by atoms with Gasteiger partial charge in [-0.2, -0.15) is 0 Å². The summed E-state index contributed by atoms with van der Waals surface area (Å²) in [6.07, 6.45) is 2.38. The number of hydrogen-bond donors (Lipinski definition) is 1. The lowest BCUT2D eigenvalue weighted by Gasteiger charge is -2.31. The van der Waals surface area contributed by atoms with Crippen LogP contribution >= 0.6 is 11.6 Å². The zero-order chi connectivity index (χ0) is 18.2. The highest BCUT2D eigenvalue weighted by Crippen LogP contribution is 2.14. The summed E-state index contributed by atoms with van der Waals surface area (Å²) in [4.78, 5) is 20.0. The number of nitrogens with zero attached hydrogens (tertiary/aromatic N) is 2. The quantitative estimate of drug-likeness (QED) is 0.753. The van der Waals surface area contributed by atoms with Gasteiger partial charge in [-0.1, -0.05) is 42.7 Å². The van der Waals surface area contributed by atoms with Gasteiger partial charge >= 0.3 is 0 Å². The fraction of sp³-hybridized carbons (Fsp3) is 0.579. The Morgan fingerprint density at radius 2 is 2.08 bits per heavy atom. The first-order valence-corrected chi connectivity index (χ1v) is 9.25. The predicted molar refractivity (Wildman–Crippen MR) is 102 cm³/mol. The van der Waals surface area contributed by atoms with Gasteiger partial charge in [0.1, 0.15) is 6.61 Å². The van der Waals surface area contributed by atoms with Gasteiger partial charge in [-0.05, 0) is 37.1 Å². The smallest absolute Gasteiger partial charge is 0.239 e. The Bertz CT molecular complexity index is 594. The van der Waals surface area contributed by atoms with Crippen LogP contribution in [0.15, 0.2) is 29.4 Å². The van der Waals surface area contributed by atoms with E-state index in [9.17, 15) is 4.79 Å². The van der Waals surface area contributed by atoms with E-state index >= 15 is 0 Å². The minimum Gasteiger partial charge on any atom is -0.391 e. The maximum atomic E-state index is 12.6. The standard InChI is InChI=1S/C19H28ClN3O2/c1-14(2)11-18(21-3)19(24)23-9-7-17(8-10-23)22-25-13-15-5-4-6-16(20)12-15/h4-6,12,14,18,21H,7-11,13H2,1-3H3/t18-/m0/s1. The number of rotatable bonds is 7. The molecule has 138 valence electrons. The van der Waals surface area contributed by atoms with E-state index in [1.807, 2.05) is 36.2 Å². The largest absolute Gasteiger partial charge is 0.391 e. The second-order valence-electron chi connectivity index (χ2n) is 6.86. The summed E-state index contributed by atoms with van der Waals surface area (Å²) in [5.74, 6) is 0.679. The van der Waals surface area contributed by atoms with Crippen LogP contribution in [-0.4, -0.2) is 42.7 Å². The van der Waals surface area contributed by atoms with E-state index in [0.717, 1.165) is 30.5 Å². The van der Waals surface area contributed by atoms with Crippen LogP contribution in [0.2, 0.25) is 5.02 Å². The number of likely N-dealkylation sites (N-methyl/N-ethyl adjacent to an activating group) is 1. The molecule has 1 fully saturated rings. The number of carbonyl (C=O) groups excluding carboxylic acids is 1. The van der Waals surface area contributed by atoms with E-state index in [4.69, 9.17) is 16.4 Å². The fourth-order valence-electron chi connectivity index (χ4n) is 2.94. The Labute approximate surface area is 155 Å². The maximum Gasteiger partial charge on any atom is 0.239 e. The van der Waals surface area contributed by atoms with Gasteiger partial charge < -0.3 is 15.1 Å². The zero-order valence-electron chi connectivity index (χ0n) is 15.3. The minimum atomic E-state index is -0.0995. The molecule has 0 aromatic heterocycles. The lowest BCUT2D eigenvalue weighted by atomic mass is 10.0. The van der Waals surface area contributed by atoms with Crippen molar-refractivity contribution in [2.75, 3.05) is 20.1 Å². The van der Waals surface area contributed by atoms with Crippen molar-refractivity contribution in [3.8, 4) is 0 Å². The Morgan fingerprint density at radius 1 is 1.36 bits per heavy atom. The number of nitrogens with one attached hydrogen (secondary N) is 1. The van der Waals surface area contributed by atoms with Crippen molar-refractivity contribution < 1.29 is 9.63 Å². The number of benzene rings is 1. The molecule has 2 rings (SSSR count). The topological polar surface area (TPSA) is 53.9 Å². The Morgan fingerprint density at radius 3 is 2.68 bits per heavy atom. The van der Waals surface area contributed by atoms with Gasteiger partial charge in [0.15, 0.2) is 0 Å². The molecule has 25 heavy (non-hydrogen) atoms. The molecule has 0 unspecified atom stereocenters. The third kappa shape index (κ3) is 6.33. The van der Waals surface area contributed by atoms with Gasteiger partial charge in [-0.15, -0.1) is 0 Å². The van der Waals surface area contributed by atoms with Crippen LogP contribution in [0, 0.1) is 5.92 Å². The molecule has 0 radical (unpaired) electrons. The van der Waals surface area contributed by atoms with Gasteiger partial charge in [0.2, 0.25) is 5.91 Å². The molecule has 1 aromatic rings. The lowest BCUT2D eigenvalue weighted by Crippen LogP contribution is -2.48. The molecule has 1 saturated heterocycles. The molecular formula is C19H28ClN3O2. The van der Waals surface area contributed by atoms with E-state index in [1.54, 1.807) is 0 Å². The maximum absolute atomic E-state index is 12.6. The summed E-state index contributed by atoms with van der Waals surface area (Å²) in [6.45, 7) is 6.08. The molecule has 1 heterocycles. The zero-order valence-corrected chi connectivity index (χ0v) is 16.1. The SMILES string of the molecule is CN[C@@H](CC(C)C)C(=O)N1CCC(=NOCc2cccc(Cl)c2)CC1. The average Bonchev–Trinajstić information content (AvgIpc) is 2.59. The summed E-state index contributed by atoms with van der Waals surface area (Å²) >= 11 is 5.95. The molecular weight excluding hydrogens is 338 g/mol. The van der Waals surface area contributed by atoms with Crippen molar-refractivity contribution in [3.05, 3.63) is 34.9 Å². The highest BCUT2D eigenvalue weighted by Gasteiger charge is 2.26. The summed E-state index contributed by atoms with van der Waals surface area (Å²) in [7, 11) is 1.85. The molecule has 1 amide bonds. The second-order valence-corrected chi connectivity index (χ2v) is 7.29. The van der Waals surface area contributed by atoms with E-state index in [1.165, 1.54) is 0 Å². The summed E-state index contributed by atoms with van der Waals surface area (Å²) < 4.78 is 0. The van der Waals surface area contributed by atoms with E-state index in [-0.39, 0.29) is 11.9 Å². The third-order valence-corrected chi connectivity index (χ3v) is 4.55. The lowest BCUT2D eigenvalue weighted by molar-refractivity contribution is -0.133. The van der Waals surface area contributed by atoms with Gasteiger partial charge in [0.05, 0.1) is 11.8 Å². The van der Waals surface area contributed by atoms with E-state index < -0.39 is 0 Å². The highest BCUT2D eigenvalue weighted by atomic mass is 35.5. The van der Waals surface area contributed by atoms with Gasteiger partial charge in [0, 0.05) is 31.0 Å². The first-order chi connectivity index (χ1) is 12.0. The van der Waals surface area contributed by atoms with Crippen LogP contribution in [0.5, 0.6) is 0 Å². The van der Waals surface area contributed by atoms with E-state index in [2.05, 4.69) is 24.3 Å². The third-order valence-electron chi connectivity index (χ3n) is 4.32. The highest BCUT2D eigenvalue weighted by molar-refractivity contribution is 6.30. The Balaban J connectivity index is 1.79. The average molecular weight is 366 g/mol. The van der Waals surface area contributed by atoms with Crippen LogP contribution in [0.4, 0.5) is 0 Å². The number of likely N-dealkylation sites (tertiary alicyclic amines) is 1. The van der Waals surface area contributed by atoms with Crippen molar-refractivity contribution in [2.24, 2.45) is 11.1 Å². The number of amides is 1. The Kier molecular flexibility index (Phi) is 7.72. The first kappa shape index (κ1) is 19.7. The molecule has 0 aliphatic carbocycles. The number of hydrogen-bond acceptors (Lipinski definition) is 4. The van der Waals surface area contributed by atoms with Crippen LogP contribution in [0.1, 0.15) is 38.7 Å². The van der Waals surface area contributed by atoms with Crippen molar-refractivity contribution in [2.45, 2.75) is 45.8 Å². The summed E-state index contributed by atoms with van der Waals surface area (Å²) in [5.41, 5.74) is 2.01. The van der Waals surface area contributed by atoms with Crippen molar-refractivity contribution in [1.29, 1.82) is 0 Å². The number of carbonyl (C=O) groups is 1. The monoisotopic (exact) mass is 365 g/mol. The molecule has 0 saturated carbocycles. The molecule has 1 aliphatic heterocycles. The van der Waals surface area contributed by atoms with Gasteiger partial charge in [-0.25, -0.2) is 0 Å². The van der Waals surface area contributed by atoms with Crippen molar-refractivity contribution >= 4 is 23.2 Å². The summed E-state index contributed by atoms with van der Waals surface area (Å²) in [6, 6.07) is 7.46. The fourth-order valence-corrected chi connectivity index (χ4v) is 3.15. The predicted octanol–water partition coefficient (Wildman–Crippen LogP) is 3.47. The second kappa shape index (κ2) is 9.78. The van der Waals surface area contributed by atoms with Crippen LogP contribution < -0.4 is 5.32 Å². The van der Waals surface area contributed by atoms with Crippen molar-refractivity contribution in [1.82, 2.24) is 10.2 Å². The molecule has 0 spiro atoms. The number of oxime groups is 1.